The number of hydrogen-bond acceptors (Lipinski definition) is 3. The Morgan fingerprint density at radius 2 is 2.09 bits per heavy atom. The van der Waals surface area contributed by atoms with Gasteiger partial charge in [-0.1, -0.05) is 36.8 Å². The predicted octanol–water partition coefficient (Wildman–Crippen LogP) is 0.638. The van der Waals surface area contributed by atoms with E-state index < -0.39 is 0 Å². The maximum absolute atomic E-state index is 11.9. The average Bonchev–Trinajstić information content (AvgIpc) is 3.05. The van der Waals surface area contributed by atoms with Gasteiger partial charge in [-0.25, -0.2) is 0 Å². The molecule has 0 unspecified atom stereocenters. The van der Waals surface area contributed by atoms with Gasteiger partial charge in [0.2, 0.25) is 0 Å². The summed E-state index contributed by atoms with van der Waals surface area (Å²) in [5, 5.41) is 14.1. The molecule has 0 fully saturated rings. The van der Waals surface area contributed by atoms with Crippen LogP contribution in [0.2, 0.25) is 0 Å². The van der Waals surface area contributed by atoms with Gasteiger partial charge in [-0.15, -0.1) is 17.1 Å². The number of fused-ring (bicyclic) bond motifs is 1. The van der Waals surface area contributed by atoms with E-state index in [1.807, 2.05) is 17.4 Å². The molecule has 0 saturated heterocycles. The van der Waals surface area contributed by atoms with Crippen LogP contribution in [-0.2, 0) is 19.3 Å². The van der Waals surface area contributed by atoms with Crippen molar-refractivity contribution in [3.05, 3.63) is 51.7 Å². The molecule has 1 atom stereocenters. The van der Waals surface area contributed by atoms with Gasteiger partial charge in [0.15, 0.2) is 0 Å². The van der Waals surface area contributed by atoms with Gasteiger partial charge in [-0.3, -0.25) is 4.90 Å². The summed E-state index contributed by atoms with van der Waals surface area (Å²) in [6.45, 7) is 4.54. The van der Waals surface area contributed by atoms with E-state index in [4.69, 9.17) is 0 Å². The Balaban J connectivity index is 0.00000192. The Bertz CT molecular complexity index is 599. The van der Waals surface area contributed by atoms with Gasteiger partial charge in [0.25, 0.3) is 0 Å². The van der Waals surface area contributed by atoms with Gasteiger partial charge >= 0.3 is 51.4 Å². The second kappa shape index (κ2) is 9.71. The molecule has 0 radical (unpaired) electrons. The summed E-state index contributed by atoms with van der Waals surface area (Å²) in [4.78, 5) is 4.11. The van der Waals surface area contributed by atoms with Crippen molar-refractivity contribution < 1.29 is 56.5 Å². The fourth-order valence-corrected chi connectivity index (χ4v) is 4.24. The molecule has 23 heavy (non-hydrogen) atoms. The molecule has 1 aromatic carbocycles. The quantitative estimate of drug-likeness (QED) is 0.713. The molecule has 0 saturated carbocycles. The fraction of sp³-hybridized carbons (Fsp3) is 0.474. The normalized spacial score (nSPS) is 16.9. The molecule has 118 valence electrons. The van der Waals surface area contributed by atoms with Gasteiger partial charge in [0, 0.05) is 17.5 Å². The molecular formula is C19H24KNOS. The first-order valence-electron chi connectivity index (χ1n) is 8.32. The SMILES string of the molecule is CCCN(CCc1cccs1)[C@H]1CCc2c([O-])cccc2C1.[K+]. The summed E-state index contributed by atoms with van der Waals surface area (Å²) in [6, 6.07) is 10.7. The Morgan fingerprint density at radius 3 is 2.83 bits per heavy atom. The predicted molar refractivity (Wildman–Crippen MR) is 91.6 cm³/mol. The number of hydrogen-bond donors (Lipinski definition) is 0. The fourth-order valence-electron chi connectivity index (χ4n) is 3.54. The molecule has 3 rings (SSSR count). The van der Waals surface area contributed by atoms with Crippen LogP contribution < -0.4 is 56.5 Å². The van der Waals surface area contributed by atoms with E-state index >= 15 is 0 Å². The standard InChI is InChI=1S/C19H25NOS.K/c1-2-11-20(12-10-17-6-4-13-22-17)16-8-9-18-15(14-16)5-3-7-19(18)21;/h3-7,13,16,21H,2,8-12,14H2,1H3;/q;+1/p-1/t16-;/m0./s1. The number of rotatable bonds is 6. The summed E-state index contributed by atoms with van der Waals surface area (Å²) < 4.78 is 0. The average molecular weight is 354 g/mol. The van der Waals surface area contributed by atoms with Crippen molar-refractivity contribution in [2.75, 3.05) is 13.1 Å². The first kappa shape index (κ1) is 19.6. The van der Waals surface area contributed by atoms with E-state index in [1.54, 1.807) is 6.07 Å². The molecule has 0 spiro atoms. The van der Waals surface area contributed by atoms with E-state index in [1.165, 1.54) is 16.9 Å². The largest absolute Gasteiger partial charge is 1.00 e. The zero-order valence-corrected chi connectivity index (χ0v) is 18.2. The minimum absolute atomic E-state index is 0. The molecular weight excluding hydrogens is 329 g/mol. The molecule has 1 aliphatic carbocycles. The topological polar surface area (TPSA) is 26.3 Å². The summed E-state index contributed by atoms with van der Waals surface area (Å²) in [5.41, 5.74) is 2.34. The third kappa shape index (κ3) is 5.14. The molecule has 1 aliphatic rings. The zero-order valence-electron chi connectivity index (χ0n) is 14.3. The van der Waals surface area contributed by atoms with E-state index in [-0.39, 0.29) is 57.1 Å². The molecule has 0 aliphatic heterocycles. The van der Waals surface area contributed by atoms with Crippen LogP contribution >= 0.6 is 11.3 Å². The van der Waals surface area contributed by atoms with Crippen molar-refractivity contribution in [2.45, 2.75) is 45.1 Å². The van der Waals surface area contributed by atoms with Crippen molar-refractivity contribution in [2.24, 2.45) is 0 Å². The summed E-state index contributed by atoms with van der Waals surface area (Å²) >= 11 is 1.85. The van der Waals surface area contributed by atoms with Crippen LogP contribution in [0.25, 0.3) is 0 Å². The van der Waals surface area contributed by atoms with Crippen LogP contribution in [0.5, 0.6) is 5.75 Å². The Hall–Kier alpha value is 0.316. The van der Waals surface area contributed by atoms with Gasteiger partial charge in [-0.05, 0) is 55.7 Å². The van der Waals surface area contributed by atoms with Crippen molar-refractivity contribution >= 4 is 11.3 Å². The van der Waals surface area contributed by atoms with Crippen LogP contribution in [0.4, 0.5) is 0 Å². The molecule has 0 bridgehead atoms. The second-order valence-electron chi connectivity index (χ2n) is 6.16. The minimum atomic E-state index is 0. The monoisotopic (exact) mass is 353 g/mol. The summed E-state index contributed by atoms with van der Waals surface area (Å²) in [6.07, 6.45) is 5.43. The van der Waals surface area contributed by atoms with Crippen LogP contribution in [0.3, 0.4) is 0 Å². The molecule has 0 amide bonds. The van der Waals surface area contributed by atoms with Crippen molar-refractivity contribution in [3.8, 4) is 5.75 Å². The molecule has 1 heterocycles. The van der Waals surface area contributed by atoms with Crippen molar-refractivity contribution in [1.82, 2.24) is 4.90 Å². The third-order valence-corrected chi connectivity index (χ3v) is 5.60. The second-order valence-corrected chi connectivity index (χ2v) is 7.19. The minimum Gasteiger partial charge on any atom is -0.872 e. The van der Waals surface area contributed by atoms with E-state index in [9.17, 15) is 5.11 Å². The van der Waals surface area contributed by atoms with Crippen molar-refractivity contribution in [1.29, 1.82) is 0 Å². The maximum Gasteiger partial charge on any atom is 1.00 e. The molecule has 4 heteroatoms. The van der Waals surface area contributed by atoms with Crippen LogP contribution in [-0.4, -0.2) is 24.0 Å². The number of benzene rings is 1. The van der Waals surface area contributed by atoms with Crippen molar-refractivity contribution in [3.63, 3.8) is 0 Å². The first-order valence-corrected chi connectivity index (χ1v) is 9.20. The van der Waals surface area contributed by atoms with Crippen LogP contribution in [0, 0.1) is 0 Å². The summed E-state index contributed by atoms with van der Waals surface area (Å²) in [7, 11) is 0. The first-order chi connectivity index (χ1) is 10.8. The Morgan fingerprint density at radius 1 is 1.22 bits per heavy atom. The zero-order chi connectivity index (χ0) is 15.4. The van der Waals surface area contributed by atoms with Gasteiger partial charge in [-0.2, -0.15) is 0 Å². The number of thiophene rings is 1. The van der Waals surface area contributed by atoms with Crippen LogP contribution in [0.1, 0.15) is 35.8 Å². The smallest absolute Gasteiger partial charge is 0.872 e. The number of nitrogens with zero attached hydrogens (tertiary/aromatic N) is 1. The molecule has 0 N–H and O–H groups in total. The maximum atomic E-state index is 11.9. The van der Waals surface area contributed by atoms with E-state index in [0.717, 1.165) is 44.3 Å². The van der Waals surface area contributed by atoms with Crippen LogP contribution in [0.15, 0.2) is 35.7 Å². The Kier molecular flexibility index (Phi) is 8.29. The Labute approximate surface area is 186 Å². The summed E-state index contributed by atoms with van der Waals surface area (Å²) in [5.74, 6) is 0.233. The molecule has 1 aromatic heterocycles. The van der Waals surface area contributed by atoms with Gasteiger partial charge < -0.3 is 5.11 Å². The van der Waals surface area contributed by atoms with E-state index in [2.05, 4.69) is 35.4 Å². The van der Waals surface area contributed by atoms with E-state index in [0.29, 0.717) is 6.04 Å². The molecule has 2 nitrogen and oxygen atoms in total. The van der Waals surface area contributed by atoms with Gasteiger partial charge in [0.05, 0.1) is 0 Å². The van der Waals surface area contributed by atoms with Gasteiger partial charge in [0.1, 0.15) is 0 Å². The third-order valence-electron chi connectivity index (χ3n) is 4.67. The molecule has 2 aromatic rings.